The highest BCUT2D eigenvalue weighted by Crippen LogP contribution is 2.24. The Morgan fingerprint density at radius 1 is 1.64 bits per heavy atom. The Labute approximate surface area is 61.4 Å². The van der Waals surface area contributed by atoms with E-state index in [-0.39, 0.29) is 12.4 Å². The molecular formula is C5H7F2N3O. The standard InChI is InChI=1S/C5H7F2N3O/c1-5(6,7)4-9-3(2-8)10-11-4/h2,8H2,1H3. The summed E-state index contributed by atoms with van der Waals surface area (Å²) in [6, 6.07) is 0. The van der Waals surface area contributed by atoms with Gasteiger partial charge in [0, 0.05) is 6.92 Å². The van der Waals surface area contributed by atoms with Crippen LogP contribution in [0.1, 0.15) is 18.6 Å². The van der Waals surface area contributed by atoms with Crippen LogP contribution in [0.3, 0.4) is 0 Å². The Balaban J connectivity index is 2.89. The van der Waals surface area contributed by atoms with E-state index >= 15 is 0 Å². The second-order valence-electron chi connectivity index (χ2n) is 2.11. The van der Waals surface area contributed by atoms with Gasteiger partial charge in [0.1, 0.15) is 0 Å². The van der Waals surface area contributed by atoms with Gasteiger partial charge >= 0.3 is 5.92 Å². The van der Waals surface area contributed by atoms with E-state index in [1.54, 1.807) is 0 Å². The molecule has 2 N–H and O–H groups in total. The molecule has 62 valence electrons. The second-order valence-corrected chi connectivity index (χ2v) is 2.11. The van der Waals surface area contributed by atoms with Crippen molar-refractivity contribution in [1.29, 1.82) is 0 Å². The summed E-state index contributed by atoms with van der Waals surface area (Å²) in [6.07, 6.45) is 0. The number of aromatic nitrogens is 2. The lowest BCUT2D eigenvalue weighted by atomic mass is 10.4. The van der Waals surface area contributed by atoms with Crippen molar-refractivity contribution in [3.63, 3.8) is 0 Å². The Morgan fingerprint density at radius 3 is 2.55 bits per heavy atom. The first kappa shape index (κ1) is 8.06. The highest BCUT2D eigenvalue weighted by Gasteiger charge is 2.31. The molecule has 6 heteroatoms. The van der Waals surface area contributed by atoms with E-state index in [9.17, 15) is 8.78 Å². The van der Waals surface area contributed by atoms with Crippen LogP contribution in [0.2, 0.25) is 0 Å². The molecule has 1 aromatic rings. The molecule has 0 aliphatic heterocycles. The Kier molecular flexibility index (Phi) is 1.86. The van der Waals surface area contributed by atoms with E-state index in [2.05, 4.69) is 14.7 Å². The van der Waals surface area contributed by atoms with Crippen molar-refractivity contribution in [3.05, 3.63) is 11.7 Å². The van der Waals surface area contributed by atoms with E-state index in [0.717, 1.165) is 0 Å². The summed E-state index contributed by atoms with van der Waals surface area (Å²) in [5.41, 5.74) is 5.08. The van der Waals surface area contributed by atoms with Crippen molar-refractivity contribution in [1.82, 2.24) is 10.1 Å². The number of nitrogens with zero attached hydrogens (tertiary/aromatic N) is 2. The van der Waals surface area contributed by atoms with Gasteiger partial charge in [-0.3, -0.25) is 0 Å². The fourth-order valence-corrected chi connectivity index (χ4v) is 0.515. The second kappa shape index (κ2) is 2.54. The van der Waals surface area contributed by atoms with Crippen LogP contribution in [0.4, 0.5) is 8.78 Å². The maximum Gasteiger partial charge on any atom is 0.322 e. The molecule has 0 atom stereocenters. The van der Waals surface area contributed by atoms with Gasteiger partial charge in [-0.1, -0.05) is 5.16 Å². The van der Waals surface area contributed by atoms with Crippen LogP contribution in [0.5, 0.6) is 0 Å². The third-order valence-electron chi connectivity index (χ3n) is 1.03. The molecule has 1 aromatic heterocycles. The smallest absolute Gasteiger partial charge is 0.322 e. The van der Waals surface area contributed by atoms with Gasteiger partial charge in [0.05, 0.1) is 6.54 Å². The van der Waals surface area contributed by atoms with E-state index < -0.39 is 11.8 Å². The molecule has 0 aromatic carbocycles. The van der Waals surface area contributed by atoms with Crippen molar-refractivity contribution in [2.45, 2.75) is 19.4 Å². The number of hydrogen-bond acceptors (Lipinski definition) is 4. The average molecular weight is 163 g/mol. The zero-order chi connectivity index (χ0) is 8.48. The summed E-state index contributed by atoms with van der Waals surface area (Å²) in [7, 11) is 0. The average Bonchev–Trinajstić information content (AvgIpc) is 2.32. The number of nitrogens with two attached hydrogens (primary N) is 1. The summed E-state index contributed by atoms with van der Waals surface area (Å²) < 4.78 is 29.0. The van der Waals surface area contributed by atoms with E-state index in [0.29, 0.717) is 6.92 Å². The normalized spacial score (nSPS) is 12.0. The van der Waals surface area contributed by atoms with E-state index in [1.807, 2.05) is 0 Å². The van der Waals surface area contributed by atoms with Gasteiger partial charge < -0.3 is 10.3 Å². The molecule has 4 nitrogen and oxygen atoms in total. The Hall–Kier alpha value is -1.04. The zero-order valence-corrected chi connectivity index (χ0v) is 5.84. The molecule has 0 aliphatic rings. The molecule has 0 saturated heterocycles. The van der Waals surface area contributed by atoms with Gasteiger partial charge in [-0.25, -0.2) is 0 Å². The third kappa shape index (κ3) is 1.70. The molecule has 1 heterocycles. The third-order valence-corrected chi connectivity index (χ3v) is 1.03. The molecule has 11 heavy (non-hydrogen) atoms. The first-order valence-corrected chi connectivity index (χ1v) is 2.95. The maximum atomic E-state index is 12.4. The van der Waals surface area contributed by atoms with Crippen LogP contribution < -0.4 is 5.73 Å². The SMILES string of the molecule is CC(F)(F)c1nc(CN)no1. The number of halogens is 2. The highest BCUT2D eigenvalue weighted by atomic mass is 19.3. The lowest BCUT2D eigenvalue weighted by molar-refractivity contribution is -0.0158. The van der Waals surface area contributed by atoms with Gasteiger partial charge in [-0.15, -0.1) is 0 Å². The molecule has 0 unspecified atom stereocenters. The van der Waals surface area contributed by atoms with Crippen LogP contribution in [0, 0.1) is 0 Å². The quantitative estimate of drug-likeness (QED) is 0.694. The predicted molar refractivity (Wildman–Crippen MR) is 31.8 cm³/mol. The minimum Gasteiger partial charge on any atom is -0.333 e. The molecule has 0 saturated carbocycles. The zero-order valence-electron chi connectivity index (χ0n) is 5.84. The summed E-state index contributed by atoms with van der Waals surface area (Å²) in [5.74, 6) is -3.69. The molecule has 1 rings (SSSR count). The van der Waals surface area contributed by atoms with Crippen molar-refractivity contribution in [2.24, 2.45) is 5.73 Å². The van der Waals surface area contributed by atoms with Crippen LogP contribution >= 0.6 is 0 Å². The van der Waals surface area contributed by atoms with Crippen LogP contribution in [-0.2, 0) is 12.5 Å². The first-order valence-electron chi connectivity index (χ1n) is 2.95. The summed E-state index contributed by atoms with van der Waals surface area (Å²) in [6.45, 7) is 0.681. The minimum atomic E-state index is -3.08. The minimum absolute atomic E-state index is 0.000417. The predicted octanol–water partition coefficient (Wildman–Crippen LogP) is 0.640. The number of rotatable bonds is 2. The highest BCUT2D eigenvalue weighted by molar-refractivity contribution is 4.91. The van der Waals surface area contributed by atoms with Gasteiger partial charge in [0.15, 0.2) is 5.82 Å². The largest absolute Gasteiger partial charge is 0.333 e. The molecular weight excluding hydrogens is 156 g/mol. The monoisotopic (exact) mass is 163 g/mol. The summed E-state index contributed by atoms with van der Waals surface area (Å²) >= 11 is 0. The summed E-state index contributed by atoms with van der Waals surface area (Å²) in [5, 5.41) is 3.21. The molecule has 0 bridgehead atoms. The lowest BCUT2D eigenvalue weighted by Gasteiger charge is -2.00. The van der Waals surface area contributed by atoms with Crippen LogP contribution in [0.25, 0.3) is 0 Å². The van der Waals surface area contributed by atoms with Crippen molar-refractivity contribution >= 4 is 0 Å². The number of hydrogen-bond donors (Lipinski definition) is 1. The molecule has 0 radical (unpaired) electrons. The van der Waals surface area contributed by atoms with E-state index in [4.69, 9.17) is 5.73 Å². The molecule has 0 aliphatic carbocycles. The fraction of sp³-hybridized carbons (Fsp3) is 0.600. The van der Waals surface area contributed by atoms with Gasteiger partial charge in [-0.2, -0.15) is 13.8 Å². The van der Waals surface area contributed by atoms with Gasteiger partial charge in [0.2, 0.25) is 0 Å². The molecule has 0 fully saturated rings. The lowest BCUT2D eigenvalue weighted by Crippen LogP contribution is -2.08. The Morgan fingerprint density at radius 2 is 2.27 bits per heavy atom. The van der Waals surface area contributed by atoms with E-state index in [1.165, 1.54) is 0 Å². The first-order chi connectivity index (χ1) is 5.04. The topological polar surface area (TPSA) is 64.9 Å². The Bertz CT molecular complexity index is 242. The summed E-state index contributed by atoms with van der Waals surface area (Å²) in [4.78, 5) is 3.35. The number of alkyl halides is 2. The van der Waals surface area contributed by atoms with Gasteiger partial charge in [0.25, 0.3) is 5.89 Å². The van der Waals surface area contributed by atoms with Crippen LogP contribution in [-0.4, -0.2) is 10.1 Å². The van der Waals surface area contributed by atoms with Crippen LogP contribution in [0.15, 0.2) is 4.52 Å². The maximum absolute atomic E-state index is 12.4. The fourth-order valence-electron chi connectivity index (χ4n) is 0.515. The van der Waals surface area contributed by atoms with Crippen molar-refractivity contribution < 1.29 is 13.3 Å². The molecule has 0 amide bonds. The molecule has 0 spiro atoms. The van der Waals surface area contributed by atoms with Crippen molar-refractivity contribution in [3.8, 4) is 0 Å². The van der Waals surface area contributed by atoms with Crippen molar-refractivity contribution in [2.75, 3.05) is 0 Å². The van der Waals surface area contributed by atoms with Gasteiger partial charge in [-0.05, 0) is 0 Å².